The zero-order valence-corrected chi connectivity index (χ0v) is 17.5. The van der Waals surface area contributed by atoms with Crippen LogP contribution in [-0.4, -0.2) is 69.0 Å². The number of piperazine rings is 1. The van der Waals surface area contributed by atoms with Crippen LogP contribution in [0, 0.1) is 12.8 Å². The Balaban J connectivity index is 1.50. The van der Waals surface area contributed by atoms with Gasteiger partial charge in [-0.15, -0.1) is 0 Å². The van der Waals surface area contributed by atoms with Crippen LogP contribution in [0.3, 0.4) is 0 Å². The van der Waals surface area contributed by atoms with Crippen LogP contribution >= 0.6 is 0 Å². The van der Waals surface area contributed by atoms with E-state index in [2.05, 4.69) is 15.1 Å². The van der Waals surface area contributed by atoms with Gasteiger partial charge >= 0.3 is 0 Å². The van der Waals surface area contributed by atoms with Crippen LogP contribution < -0.4 is 10.6 Å². The minimum atomic E-state index is -0.247. The standard InChI is InChI=1S/C20H27N7O3/c1-4-16-15(19(29)25(3)9-13-7-12(2)30-24-13)8-14-10-26(11-18(28)27(14)16)20-22-6-5-17(21)23-20/h5-7,14-16H,4,8-11H2,1-3H3,(H2,21,22,23)/t14-,15-,16-/m1/s1. The van der Waals surface area contributed by atoms with E-state index in [0.717, 1.165) is 6.42 Å². The molecular weight excluding hydrogens is 386 g/mol. The van der Waals surface area contributed by atoms with Crippen molar-refractivity contribution in [1.82, 2.24) is 24.9 Å². The molecule has 2 aliphatic rings. The van der Waals surface area contributed by atoms with Gasteiger partial charge in [0.15, 0.2) is 0 Å². The van der Waals surface area contributed by atoms with Crippen molar-refractivity contribution in [3.8, 4) is 0 Å². The predicted molar refractivity (Wildman–Crippen MR) is 109 cm³/mol. The second-order valence-electron chi connectivity index (χ2n) is 8.06. The third kappa shape index (κ3) is 3.69. The summed E-state index contributed by atoms with van der Waals surface area (Å²) in [7, 11) is 1.77. The number of carbonyl (C=O) groups is 2. The highest BCUT2D eigenvalue weighted by Crippen LogP contribution is 2.36. The smallest absolute Gasteiger partial charge is 0.242 e. The molecule has 0 spiro atoms. The summed E-state index contributed by atoms with van der Waals surface area (Å²) in [5.41, 5.74) is 6.49. The topological polar surface area (TPSA) is 122 Å². The summed E-state index contributed by atoms with van der Waals surface area (Å²) >= 11 is 0. The summed E-state index contributed by atoms with van der Waals surface area (Å²) in [6, 6.07) is 3.27. The van der Waals surface area contributed by atoms with Crippen LogP contribution in [0.4, 0.5) is 11.8 Å². The van der Waals surface area contributed by atoms with Crippen LogP contribution in [-0.2, 0) is 16.1 Å². The number of nitrogens with two attached hydrogens (primary N) is 1. The third-order valence-electron chi connectivity index (χ3n) is 5.92. The Bertz CT molecular complexity index is 946. The summed E-state index contributed by atoms with van der Waals surface area (Å²) in [4.78, 5) is 40.2. The maximum absolute atomic E-state index is 13.2. The Morgan fingerprint density at radius 3 is 2.90 bits per heavy atom. The van der Waals surface area contributed by atoms with Crippen molar-refractivity contribution >= 4 is 23.6 Å². The highest BCUT2D eigenvalue weighted by Gasteiger charge is 2.49. The first-order chi connectivity index (χ1) is 14.4. The number of hydrogen-bond donors (Lipinski definition) is 1. The van der Waals surface area contributed by atoms with Crippen LogP contribution in [0.1, 0.15) is 31.2 Å². The minimum Gasteiger partial charge on any atom is -0.384 e. The maximum atomic E-state index is 13.2. The fraction of sp³-hybridized carbons (Fsp3) is 0.550. The fourth-order valence-corrected chi connectivity index (χ4v) is 4.65. The molecule has 2 N–H and O–H groups in total. The average molecular weight is 413 g/mol. The molecule has 4 heterocycles. The van der Waals surface area contributed by atoms with E-state index in [-0.39, 0.29) is 36.4 Å². The quantitative estimate of drug-likeness (QED) is 0.765. The van der Waals surface area contributed by atoms with E-state index < -0.39 is 0 Å². The van der Waals surface area contributed by atoms with E-state index in [1.54, 1.807) is 24.2 Å². The number of rotatable bonds is 5. The van der Waals surface area contributed by atoms with Crippen molar-refractivity contribution in [1.29, 1.82) is 0 Å². The second-order valence-corrected chi connectivity index (χ2v) is 8.06. The zero-order valence-electron chi connectivity index (χ0n) is 17.5. The number of amides is 2. The summed E-state index contributed by atoms with van der Waals surface area (Å²) in [5, 5.41) is 3.97. The van der Waals surface area contributed by atoms with E-state index in [1.165, 1.54) is 0 Å². The molecule has 2 fully saturated rings. The lowest BCUT2D eigenvalue weighted by Gasteiger charge is -2.39. The highest BCUT2D eigenvalue weighted by atomic mass is 16.5. The predicted octanol–water partition coefficient (Wildman–Crippen LogP) is 0.830. The van der Waals surface area contributed by atoms with Gasteiger partial charge < -0.3 is 25.0 Å². The molecule has 2 aromatic heterocycles. The molecule has 2 aliphatic heterocycles. The molecule has 0 aliphatic carbocycles. The molecule has 0 saturated carbocycles. The van der Waals surface area contributed by atoms with Gasteiger partial charge in [-0.2, -0.15) is 4.98 Å². The van der Waals surface area contributed by atoms with Crippen LogP contribution in [0.25, 0.3) is 0 Å². The Morgan fingerprint density at radius 2 is 2.23 bits per heavy atom. The van der Waals surface area contributed by atoms with Crippen LogP contribution in [0.2, 0.25) is 0 Å². The number of nitrogens with zero attached hydrogens (tertiary/aromatic N) is 6. The largest absolute Gasteiger partial charge is 0.384 e. The molecule has 3 atom stereocenters. The lowest BCUT2D eigenvalue weighted by Crippen LogP contribution is -2.56. The summed E-state index contributed by atoms with van der Waals surface area (Å²) < 4.78 is 5.10. The molecule has 10 heteroatoms. The lowest BCUT2D eigenvalue weighted by molar-refractivity contribution is -0.138. The number of aryl methyl sites for hydroxylation is 1. The molecule has 4 rings (SSSR count). The van der Waals surface area contributed by atoms with Crippen LogP contribution in [0.15, 0.2) is 22.9 Å². The van der Waals surface area contributed by atoms with Gasteiger partial charge in [0.25, 0.3) is 0 Å². The van der Waals surface area contributed by atoms with Crippen molar-refractivity contribution < 1.29 is 14.1 Å². The minimum absolute atomic E-state index is 0.00537. The summed E-state index contributed by atoms with van der Waals surface area (Å²) in [6.45, 7) is 4.99. The molecule has 0 radical (unpaired) electrons. The molecule has 2 saturated heterocycles. The Morgan fingerprint density at radius 1 is 1.43 bits per heavy atom. The van der Waals surface area contributed by atoms with E-state index in [1.807, 2.05) is 29.7 Å². The molecule has 0 aromatic carbocycles. The number of hydrogen-bond acceptors (Lipinski definition) is 8. The third-order valence-corrected chi connectivity index (χ3v) is 5.92. The molecule has 10 nitrogen and oxygen atoms in total. The number of nitrogen functional groups attached to an aromatic ring is 1. The first-order valence-electron chi connectivity index (χ1n) is 10.2. The van der Waals surface area contributed by atoms with Gasteiger partial charge in [-0.05, 0) is 25.8 Å². The van der Waals surface area contributed by atoms with Gasteiger partial charge in [0.2, 0.25) is 17.8 Å². The van der Waals surface area contributed by atoms with E-state index in [4.69, 9.17) is 10.3 Å². The molecule has 30 heavy (non-hydrogen) atoms. The van der Waals surface area contributed by atoms with Gasteiger partial charge in [0.05, 0.1) is 18.5 Å². The molecular formula is C20H27N7O3. The SMILES string of the molecule is CC[C@@H]1[C@H](C(=O)N(C)Cc2cc(C)on2)C[C@@H]2CN(c3nccc(N)n3)CC(=O)N21. The number of fused-ring (bicyclic) bond motifs is 1. The molecule has 160 valence electrons. The molecule has 0 bridgehead atoms. The number of carbonyl (C=O) groups excluding carboxylic acids is 2. The van der Waals surface area contributed by atoms with Crippen molar-refractivity contribution in [2.45, 2.75) is 45.3 Å². The summed E-state index contributed by atoms with van der Waals surface area (Å²) in [6.07, 6.45) is 2.93. The molecule has 2 aromatic rings. The van der Waals surface area contributed by atoms with E-state index in [0.29, 0.717) is 42.7 Å². The Labute approximate surface area is 175 Å². The first kappa shape index (κ1) is 20.1. The van der Waals surface area contributed by atoms with Gasteiger partial charge in [-0.1, -0.05) is 12.1 Å². The lowest BCUT2D eigenvalue weighted by atomic mass is 9.95. The van der Waals surface area contributed by atoms with Crippen molar-refractivity contribution in [3.63, 3.8) is 0 Å². The fourth-order valence-electron chi connectivity index (χ4n) is 4.65. The Hall–Kier alpha value is -3.17. The first-order valence-corrected chi connectivity index (χ1v) is 10.2. The number of anilines is 2. The highest BCUT2D eigenvalue weighted by molar-refractivity contribution is 5.86. The molecule has 2 amide bonds. The van der Waals surface area contributed by atoms with Gasteiger partial charge in [0, 0.05) is 31.9 Å². The average Bonchev–Trinajstić information content (AvgIpc) is 3.30. The van der Waals surface area contributed by atoms with E-state index in [9.17, 15) is 9.59 Å². The molecule has 0 unspecified atom stereocenters. The Kier molecular flexibility index (Phi) is 5.31. The second kappa shape index (κ2) is 7.92. The van der Waals surface area contributed by atoms with Crippen molar-refractivity contribution in [2.75, 3.05) is 30.8 Å². The van der Waals surface area contributed by atoms with Crippen molar-refractivity contribution in [2.24, 2.45) is 5.92 Å². The number of aromatic nitrogens is 3. The monoisotopic (exact) mass is 413 g/mol. The van der Waals surface area contributed by atoms with Gasteiger partial charge in [-0.3, -0.25) is 9.59 Å². The van der Waals surface area contributed by atoms with Gasteiger partial charge in [-0.25, -0.2) is 4.98 Å². The van der Waals surface area contributed by atoms with Crippen molar-refractivity contribution in [3.05, 3.63) is 29.8 Å². The summed E-state index contributed by atoms with van der Waals surface area (Å²) in [5.74, 6) is 1.30. The van der Waals surface area contributed by atoms with Crippen LogP contribution in [0.5, 0.6) is 0 Å². The van der Waals surface area contributed by atoms with E-state index >= 15 is 0 Å². The maximum Gasteiger partial charge on any atom is 0.242 e. The normalized spacial score (nSPS) is 23.6. The van der Waals surface area contributed by atoms with Gasteiger partial charge in [0.1, 0.15) is 23.8 Å². The zero-order chi connectivity index (χ0) is 21.4.